The number of hydrogen-bond acceptors (Lipinski definition) is 0. The van der Waals surface area contributed by atoms with Gasteiger partial charge in [-0.25, -0.2) is 0 Å². The molecule has 0 nitrogen and oxygen atoms in total. The summed E-state index contributed by atoms with van der Waals surface area (Å²) in [7, 11) is 0. The van der Waals surface area contributed by atoms with Crippen molar-refractivity contribution in [3.63, 3.8) is 0 Å². The predicted molar refractivity (Wildman–Crippen MR) is 103 cm³/mol. The first-order valence-electron chi connectivity index (χ1n) is 9.20. The lowest BCUT2D eigenvalue weighted by atomic mass is 9.92. The fourth-order valence-corrected chi connectivity index (χ4v) is 2.78. The van der Waals surface area contributed by atoms with Crippen molar-refractivity contribution in [3.8, 4) is 0 Å². The van der Waals surface area contributed by atoms with E-state index in [1.165, 1.54) is 38.5 Å². The molecule has 0 aliphatic heterocycles. The first-order valence-corrected chi connectivity index (χ1v) is 9.20. The third-order valence-electron chi connectivity index (χ3n) is 4.09. The minimum absolute atomic E-state index is 0.689. The summed E-state index contributed by atoms with van der Waals surface area (Å²) < 4.78 is 0. The van der Waals surface area contributed by atoms with Gasteiger partial charge in [-0.1, -0.05) is 56.7 Å². The Bertz CT molecular complexity index is 332. The molecule has 126 valence electrons. The normalized spacial score (nSPS) is 15.0. The van der Waals surface area contributed by atoms with Gasteiger partial charge >= 0.3 is 0 Å². The van der Waals surface area contributed by atoms with Crippen LogP contribution in [0.15, 0.2) is 49.1 Å². The molecule has 0 rings (SSSR count). The highest BCUT2D eigenvalue weighted by Gasteiger charge is 2.06. The van der Waals surface area contributed by atoms with Gasteiger partial charge in [0.1, 0.15) is 0 Å². The fourth-order valence-electron chi connectivity index (χ4n) is 2.78. The monoisotopic (exact) mass is 302 g/mol. The zero-order chi connectivity index (χ0) is 16.6. The van der Waals surface area contributed by atoms with Crippen LogP contribution in [0.2, 0.25) is 0 Å². The lowest BCUT2D eigenvalue weighted by Crippen LogP contribution is -1.98. The van der Waals surface area contributed by atoms with E-state index in [-0.39, 0.29) is 0 Å². The van der Waals surface area contributed by atoms with E-state index >= 15 is 0 Å². The highest BCUT2D eigenvalue weighted by molar-refractivity contribution is 5.04. The van der Waals surface area contributed by atoms with Crippen LogP contribution in [0.4, 0.5) is 0 Å². The molecule has 0 N–H and O–H groups in total. The molecule has 0 heterocycles. The molecular weight excluding hydrogens is 264 g/mol. The third kappa shape index (κ3) is 12.7. The first-order chi connectivity index (χ1) is 10.6. The molecule has 0 saturated carbocycles. The Hall–Kier alpha value is -1.04. The maximum absolute atomic E-state index is 3.85. The molecule has 0 aliphatic rings. The van der Waals surface area contributed by atoms with E-state index in [0.717, 1.165) is 25.2 Å². The summed E-state index contributed by atoms with van der Waals surface area (Å²) >= 11 is 0. The minimum Gasteiger partial charge on any atom is -0.103 e. The van der Waals surface area contributed by atoms with Gasteiger partial charge in [-0.05, 0) is 69.6 Å². The Kier molecular flexibility index (Phi) is 14.2. The highest BCUT2D eigenvalue weighted by Crippen LogP contribution is 2.22. The highest BCUT2D eigenvalue weighted by atomic mass is 14.1. The molecule has 0 saturated heterocycles. The molecule has 2 atom stereocenters. The maximum Gasteiger partial charge on any atom is -0.0259 e. The molecular formula is C22H38. The van der Waals surface area contributed by atoms with Gasteiger partial charge < -0.3 is 0 Å². The van der Waals surface area contributed by atoms with E-state index in [9.17, 15) is 0 Å². The topological polar surface area (TPSA) is 0 Å². The van der Waals surface area contributed by atoms with Crippen LogP contribution >= 0.6 is 0 Å². The molecule has 0 radical (unpaired) electrons. The fraction of sp³-hybridized carbons (Fsp3) is 0.636. The SMILES string of the molecule is C=CCCCCC=CC(C)CCC(=CCC)CC(C)CC=C. The van der Waals surface area contributed by atoms with Crippen LogP contribution in [-0.2, 0) is 0 Å². The van der Waals surface area contributed by atoms with Crippen molar-refractivity contribution < 1.29 is 0 Å². The van der Waals surface area contributed by atoms with Crippen LogP contribution in [0.1, 0.15) is 78.6 Å². The Morgan fingerprint density at radius 2 is 1.77 bits per heavy atom. The van der Waals surface area contributed by atoms with E-state index in [0.29, 0.717) is 5.92 Å². The predicted octanol–water partition coefficient (Wildman–Crippen LogP) is 7.64. The maximum atomic E-state index is 3.85. The van der Waals surface area contributed by atoms with Gasteiger partial charge in [0.05, 0.1) is 0 Å². The lowest BCUT2D eigenvalue weighted by molar-refractivity contribution is 0.551. The van der Waals surface area contributed by atoms with Gasteiger partial charge in [0.25, 0.3) is 0 Å². The molecule has 0 aromatic carbocycles. The van der Waals surface area contributed by atoms with E-state index < -0.39 is 0 Å². The molecule has 0 aromatic heterocycles. The van der Waals surface area contributed by atoms with Crippen molar-refractivity contribution in [2.45, 2.75) is 78.6 Å². The van der Waals surface area contributed by atoms with Crippen molar-refractivity contribution in [1.29, 1.82) is 0 Å². The number of allylic oxidation sites excluding steroid dienone is 6. The smallest absolute Gasteiger partial charge is 0.0259 e. The summed E-state index contributed by atoms with van der Waals surface area (Å²) in [6.45, 7) is 14.5. The number of hydrogen-bond donors (Lipinski definition) is 0. The summed E-state index contributed by atoms with van der Waals surface area (Å²) in [5, 5.41) is 0. The summed E-state index contributed by atoms with van der Waals surface area (Å²) in [4.78, 5) is 0. The van der Waals surface area contributed by atoms with Crippen LogP contribution in [0.5, 0.6) is 0 Å². The summed E-state index contributed by atoms with van der Waals surface area (Å²) in [5.41, 5.74) is 1.64. The molecule has 0 heteroatoms. The lowest BCUT2D eigenvalue weighted by Gasteiger charge is -2.14. The van der Waals surface area contributed by atoms with Crippen LogP contribution in [0.3, 0.4) is 0 Å². The molecule has 0 aliphatic carbocycles. The second kappa shape index (κ2) is 14.9. The van der Waals surface area contributed by atoms with Gasteiger partial charge in [0, 0.05) is 0 Å². The van der Waals surface area contributed by atoms with Gasteiger partial charge in [0.15, 0.2) is 0 Å². The quantitative estimate of drug-likeness (QED) is 0.228. The Morgan fingerprint density at radius 1 is 1.05 bits per heavy atom. The summed E-state index contributed by atoms with van der Waals surface area (Å²) in [6, 6.07) is 0. The summed E-state index contributed by atoms with van der Waals surface area (Å²) in [5.74, 6) is 1.42. The van der Waals surface area contributed by atoms with Crippen molar-refractivity contribution in [2.75, 3.05) is 0 Å². The zero-order valence-electron chi connectivity index (χ0n) is 15.3. The molecule has 0 spiro atoms. The second-order valence-electron chi connectivity index (χ2n) is 6.62. The Labute approximate surface area is 140 Å². The van der Waals surface area contributed by atoms with Gasteiger partial charge in [0.2, 0.25) is 0 Å². The molecule has 2 unspecified atom stereocenters. The van der Waals surface area contributed by atoms with Gasteiger partial charge in [-0.2, -0.15) is 0 Å². The van der Waals surface area contributed by atoms with E-state index in [1.54, 1.807) is 5.57 Å². The summed E-state index contributed by atoms with van der Waals surface area (Å²) in [6.07, 6.45) is 22.2. The van der Waals surface area contributed by atoms with Gasteiger partial charge in [-0.15, -0.1) is 13.2 Å². The van der Waals surface area contributed by atoms with E-state index in [2.05, 4.69) is 52.2 Å². The largest absolute Gasteiger partial charge is 0.103 e. The molecule has 22 heavy (non-hydrogen) atoms. The number of unbranched alkanes of at least 4 members (excludes halogenated alkanes) is 3. The zero-order valence-corrected chi connectivity index (χ0v) is 15.3. The van der Waals surface area contributed by atoms with Crippen LogP contribution < -0.4 is 0 Å². The van der Waals surface area contributed by atoms with Crippen molar-refractivity contribution in [2.24, 2.45) is 11.8 Å². The Balaban J connectivity index is 4.03. The van der Waals surface area contributed by atoms with Crippen LogP contribution in [0, 0.1) is 11.8 Å². The molecule has 0 aromatic rings. The Morgan fingerprint density at radius 3 is 2.41 bits per heavy atom. The minimum atomic E-state index is 0.689. The molecule has 0 amide bonds. The first kappa shape index (κ1) is 21.0. The average Bonchev–Trinajstić information content (AvgIpc) is 2.49. The van der Waals surface area contributed by atoms with Gasteiger partial charge in [-0.3, -0.25) is 0 Å². The van der Waals surface area contributed by atoms with Crippen molar-refractivity contribution >= 4 is 0 Å². The second-order valence-corrected chi connectivity index (χ2v) is 6.62. The standard InChI is InChI=1S/C22H38/c1-6-9-10-11-12-13-16-20(4)17-18-22(15-8-3)19-21(5)14-7-2/h6-7,13,15-16,20-21H,1-2,8-12,14,17-19H2,3-5H3. The average molecular weight is 303 g/mol. The van der Waals surface area contributed by atoms with Crippen LogP contribution in [-0.4, -0.2) is 0 Å². The number of rotatable bonds is 14. The van der Waals surface area contributed by atoms with Crippen molar-refractivity contribution in [3.05, 3.63) is 49.1 Å². The van der Waals surface area contributed by atoms with Crippen LogP contribution in [0.25, 0.3) is 0 Å². The molecule has 0 fully saturated rings. The third-order valence-corrected chi connectivity index (χ3v) is 4.09. The van der Waals surface area contributed by atoms with E-state index in [1.807, 2.05) is 12.2 Å². The van der Waals surface area contributed by atoms with E-state index in [4.69, 9.17) is 0 Å². The molecule has 0 bridgehead atoms. The van der Waals surface area contributed by atoms with Crippen molar-refractivity contribution in [1.82, 2.24) is 0 Å².